The van der Waals surface area contributed by atoms with Crippen molar-refractivity contribution in [3.05, 3.63) is 68.5 Å². The van der Waals surface area contributed by atoms with Gasteiger partial charge in [-0.05, 0) is 29.6 Å². The number of thiophene rings is 1. The lowest BCUT2D eigenvalue weighted by Crippen LogP contribution is -2.13. The molecule has 0 aliphatic rings. The van der Waals surface area contributed by atoms with Crippen molar-refractivity contribution in [3.8, 4) is 10.6 Å². The molecule has 4 aromatic rings. The maximum atomic E-state index is 13.9. The fourth-order valence-electron chi connectivity index (χ4n) is 2.34. The van der Waals surface area contributed by atoms with Crippen molar-refractivity contribution in [1.29, 1.82) is 0 Å². The molecule has 0 atom stereocenters. The van der Waals surface area contributed by atoms with Crippen molar-refractivity contribution in [2.24, 2.45) is 0 Å². The van der Waals surface area contributed by atoms with Gasteiger partial charge in [-0.1, -0.05) is 35.5 Å². The molecule has 1 N–H and O–H groups in total. The van der Waals surface area contributed by atoms with Gasteiger partial charge in [0.05, 0.1) is 4.88 Å². The topological polar surface area (TPSA) is 63.0 Å². The fourth-order valence-corrected chi connectivity index (χ4v) is 4.27. The van der Waals surface area contributed by atoms with Gasteiger partial charge in [0, 0.05) is 16.3 Å². The second-order valence-corrected chi connectivity index (χ2v) is 7.43. The summed E-state index contributed by atoms with van der Waals surface area (Å²) in [6.45, 7) is 0. The van der Waals surface area contributed by atoms with E-state index >= 15 is 0 Å². The average Bonchev–Trinajstić information content (AvgIpc) is 3.25. The fraction of sp³-hybridized carbons (Fsp3) is 0.0625. The number of hydrogen-bond donors (Lipinski definition) is 1. The number of H-pyrrole nitrogens is 1. The van der Waals surface area contributed by atoms with Crippen molar-refractivity contribution < 1.29 is 4.39 Å². The minimum absolute atomic E-state index is 0.272. The quantitative estimate of drug-likeness (QED) is 0.528. The number of nitrogens with one attached hydrogen (secondary N) is 1. The third kappa shape index (κ3) is 3.08. The average molecular weight is 393 g/mol. The molecule has 5 nitrogen and oxygen atoms in total. The summed E-state index contributed by atoms with van der Waals surface area (Å²) in [6, 6.07) is 10.1. The minimum atomic E-state index is -0.375. The van der Waals surface area contributed by atoms with Crippen LogP contribution >= 0.6 is 34.7 Å². The number of rotatable bonds is 4. The summed E-state index contributed by atoms with van der Waals surface area (Å²) < 4.78 is 15.4. The number of benzene rings is 1. The lowest BCUT2D eigenvalue weighted by molar-refractivity contribution is 0.617. The molecule has 0 saturated heterocycles. The van der Waals surface area contributed by atoms with Crippen molar-refractivity contribution in [2.45, 2.75) is 10.9 Å². The Morgan fingerprint density at radius 2 is 2.20 bits per heavy atom. The third-order valence-corrected chi connectivity index (χ3v) is 5.76. The third-order valence-electron chi connectivity index (χ3n) is 3.56. The molecule has 25 heavy (non-hydrogen) atoms. The minimum Gasteiger partial charge on any atom is -0.266 e. The predicted octanol–water partition coefficient (Wildman–Crippen LogP) is 4.23. The molecule has 126 valence electrons. The van der Waals surface area contributed by atoms with Crippen LogP contribution in [0.2, 0.25) is 5.02 Å². The molecule has 0 fully saturated rings. The molecular weight excluding hydrogens is 383 g/mol. The van der Waals surface area contributed by atoms with Crippen LogP contribution in [-0.4, -0.2) is 19.8 Å². The first kappa shape index (κ1) is 16.3. The van der Waals surface area contributed by atoms with Crippen LogP contribution in [0, 0.1) is 5.82 Å². The van der Waals surface area contributed by atoms with E-state index in [4.69, 9.17) is 11.6 Å². The van der Waals surface area contributed by atoms with Crippen molar-refractivity contribution in [1.82, 2.24) is 19.8 Å². The van der Waals surface area contributed by atoms with Crippen LogP contribution in [0.3, 0.4) is 0 Å². The van der Waals surface area contributed by atoms with Gasteiger partial charge in [-0.2, -0.15) is 5.10 Å². The van der Waals surface area contributed by atoms with Crippen LogP contribution in [-0.2, 0) is 5.75 Å². The first-order chi connectivity index (χ1) is 12.1. The molecule has 0 radical (unpaired) electrons. The summed E-state index contributed by atoms with van der Waals surface area (Å²) in [5.74, 6) is -0.103. The summed E-state index contributed by atoms with van der Waals surface area (Å²) in [6.07, 6.45) is 0. The van der Waals surface area contributed by atoms with Gasteiger partial charge >= 0.3 is 0 Å². The predicted molar refractivity (Wildman–Crippen MR) is 97.9 cm³/mol. The van der Waals surface area contributed by atoms with Crippen LogP contribution in [0.1, 0.15) is 5.56 Å². The first-order valence-electron chi connectivity index (χ1n) is 7.21. The van der Waals surface area contributed by atoms with Gasteiger partial charge in [0.15, 0.2) is 0 Å². The lowest BCUT2D eigenvalue weighted by Gasteiger charge is -2.06. The summed E-state index contributed by atoms with van der Waals surface area (Å²) in [7, 11) is 0. The summed E-state index contributed by atoms with van der Waals surface area (Å²) in [5, 5.41) is 13.7. The first-order valence-corrected chi connectivity index (χ1v) is 9.46. The molecule has 0 saturated carbocycles. The number of halogens is 2. The Labute approximate surface area is 154 Å². The Hall–Kier alpha value is -2.16. The molecule has 0 spiro atoms. The number of aromatic nitrogens is 4. The number of aromatic amines is 1. The molecule has 3 aromatic heterocycles. The highest BCUT2D eigenvalue weighted by atomic mass is 35.5. The Bertz CT molecular complexity index is 1090. The molecule has 0 bridgehead atoms. The molecule has 4 rings (SSSR count). The SMILES string of the molecule is O=c1[nH]nc(SCc2c(F)cccc2Cl)n2nc(-c3cccs3)cc12. The zero-order valence-electron chi connectivity index (χ0n) is 12.6. The molecule has 0 aliphatic heterocycles. The van der Waals surface area contributed by atoms with Crippen LogP contribution in [0.5, 0.6) is 0 Å². The van der Waals surface area contributed by atoms with Gasteiger partial charge < -0.3 is 0 Å². The highest BCUT2D eigenvalue weighted by Gasteiger charge is 2.14. The normalized spacial score (nSPS) is 11.3. The number of fused-ring (bicyclic) bond motifs is 1. The van der Waals surface area contributed by atoms with E-state index in [1.54, 1.807) is 18.2 Å². The summed E-state index contributed by atoms with van der Waals surface area (Å²) >= 11 is 8.84. The summed E-state index contributed by atoms with van der Waals surface area (Å²) in [4.78, 5) is 13.0. The molecule has 9 heteroatoms. The van der Waals surface area contributed by atoms with Gasteiger partial charge in [-0.15, -0.1) is 16.4 Å². The van der Waals surface area contributed by atoms with Gasteiger partial charge in [-0.3, -0.25) is 4.79 Å². The van der Waals surface area contributed by atoms with Crippen LogP contribution in [0.25, 0.3) is 16.1 Å². The van der Waals surface area contributed by atoms with E-state index in [-0.39, 0.29) is 17.1 Å². The second-order valence-electron chi connectivity index (χ2n) is 5.13. The number of hydrogen-bond acceptors (Lipinski definition) is 5. The van der Waals surface area contributed by atoms with E-state index in [0.29, 0.717) is 27.0 Å². The van der Waals surface area contributed by atoms with Gasteiger partial charge in [0.25, 0.3) is 5.56 Å². The highest BCUT2D eigenvalue weighted by molar-refractivity contribution is 7.98. The molecule has 0 aliphatic carbocycles. The standard InChI is InChI=1S/C16H10ClFN4OS2/c17-10-3-1-4-11(18)9(10)8-25-16-20-19-15(23)13-7-12(21-22(13)16)14-5-2-6-24-14/h1-7H,8H2,(H,19,23). The van der Waals surface area contributed by atoms with Crippen molar-refractivity contribution in [2.75, 3.05) is 0 Å². The van der Waals surface area contributed by atoms with E-state index in [9.17, 15) is 9.18 Å². The van der Waals surface area contributed by atoms with Crippen LogP contribution in [0.4, 0.5) is 4.39 Å². The Balaban J connectivity index is 1.73. The van der Waals surface area contributed by atoms with Gasteiger partial charge in [-0.25, -0.2) is 14.0 Å². The molecule has 0 amide bonds. The summed E-state index contributed by atoms with van der Waals surface area (Å²) in [5.41, 5.74) is 1.14. The number of nitrogens with zero attached hydrogens (tertiary/aromatic N) is 3. The van der Waals surface area contributed by atoms with Crippen molar-refractivity contribution >= 4 is 40.2 Å². The Kier molecular flexibility index (Phi) is 4.32. The highest BCUT2D eigenvalue weighted by Crippen LogP contribution is 2.29. The maximum absolute atomic E-state index is 13.9. The number of thioether (sulfide) groups is 1. The van der Waals surface area contributed by atoms with Crippen molar-refractivity contribution in [3.63, 3.8) is 0 Å². The zero-order valence-corrected chi connectivity index (χ0v) is 15.0. The Morgan fingerprint density at radius 3 is 2.96 bits per heavy atom. The van der Waals surface area contributed by atoms with Gasteiger partial charge in [0.1, 0.15) is 17.0 Å². The molecule has 0 unspecified atom stereocenters. The van der Waals surface area contributed by atoms with Crippen LogP contribution < -0.4 is 5.56 Å². The van der Waals surface area contributed by atoms with Gasteiger partial charge in [0.2, 0.25) is 5.16 Å². The molecule has 1 aromatic carbocycles. The maximum Gasteiger partial charge on any atom is 0.290 e. The zero-order chi connectivity index (χ0) is 17.4. The van der Waals surface area contributed by atoms with E-state index in [2.05, 4.69) is 15.3 Å². The van der Waals surface area contributed by atoms with E-state index in [1.807, 2.05) is 17.5 Å². The Morgan fingerprint density at radius 1 is 1.32 bits per heavy atom. The molecule has 3 heterocycles. The largest absolute Gasteiger partial charge is 0.290 e. The lowest BCUT2D eigenvalue weighted by atomic mass is 10.2. The smallest absolute Gasteiger partial charge is 0.266 e. The molecular formula is C16H10ClFN4OS2. The van der Waals surface area contributed by atoms with E-state index in [0.717, 1.165) is 4.88 Å². The second kappa shape index (κ2) is 6.62. The van der Waals surface area contributed by atoms with E-state index in [1.165, 1.54) is 33.7 Å². The monoisotopic (exact) mass is 392 g/mol. The van der Waals surface area contributed by atoms with E-state index < -0.39 is 0 Å². The van der Waals surface area contributed by atoms with Crippen LogP contribution in [0.15, 0.2) is 51.7 Å².